The van der Waals surface area contributed by atoms with Crippen molar-refractivity contribution < 1.29 is 22.8 Å². The van der Waals surface area contributed by atoms with Crippen LogP contribution in [-0.4, -0.2) is 57.8 Å². The second-order valence-electron chi connectivity index (χ2n) is 7.00. The molecule has 6 nitrogen and oxygen atoms in total. The second kappa shape index (κ2) is 9.32. The lowest BCUT2D eigenvalue weighted by Crippen LogP contribution is -3.14. The molecule has 0 aliphatic carbocycles. The Balaban J connectivity index is 1.45. The van der Waals surface area contributed by atoms with Gasteiger partial charge in [-0.05, 0) is 31.2 Å². The number of benzene rings is 2. The largest absolute Gasteiger partial charge is 0.493 e. The highest BCUT2D eigenvalue weighted by Gasteiger charge is 2.30. The van der Waals surface area contributed by atoms with Crippen LogP contribution in [0.25, 0.3) is 0 Å². The van der Waals surface area contributed by atoms with E-state index in [1.165, 1.54) is 24.0 Å². The molecule has 0 amide bonds. The first-order chi connectivity index (χ1) is 13.5. The molecule has 2 aromatic carbocycles. The maximum Gasteiger partial charge on any atom is 0.243 e. The van der Waals surface area contributed by atoms with E-state index >= 15 is 0 Å². The topological polar surface area (TPSA) is 68.1 Å². The predicted octanol–water partition coefficient (Wildman–Crippen LogP) is 1.25. The van der Waals surface area contributed by atoms with Crippen LogP contribution in [0.5, 0.6) is 5.75 Å². The summed E-state index contributed by atoms with van der Waals surface area (Å²) in [6, 6.07) is 15.9. The van der Waals surface area contributed by atoms with Gasteiger partial charge in [-0.25, -0.2) is 8.42 Å². The molecular formula is C21H27N2O4S+. The zero-order chi connectivity index (χ0) is 20.0. The molecule has 7 heteroatoms. The normalized spacial score (nSPS) is 16.0. The van der Waals surface area contributed by atoms with Crippen LogP contribution in [0.15, 0.2) is 59.5 Å². The monoisotopic (exact) mass is 403 g/mol. The summed E-state index contributed by atoms with van der Waals surface area (Å²) in [6.07, 6.45) is 0.934. The molecule has 1 aliphatic heterocycles. The highest BCUT2D eigenvalue weighted by atomic mass is 32.2. The van der Waals surface area contributed by atoms with Crippen molar-refractivity contribution in [3.8, 4) is 5.75 Å². The molecule has 150 valence electrons. The number of hydrogen-bond donors (Lipinski definition) is 1. The van der Waals surface area contributed by atoms with E-state index in [9.17, 15) is 13.2 Å². The number of ketones is 1. The fourth-order valence-corrected chi connectivity index (χ4v) is 4.77. The van der Waals surface area contributed by atoms with Crippen molar-refractivity contribution in [1.82, 2.24) is 4.31 Å². The highest BCUT2D eigenvalue weighted by molar-refractivity contribution is 7.89. The summed E-state index contributed by atoms with van der Waals surface area (Å²) in [6.45, 7) is 5.69. The first-order valence-corrected chi connectivity index (χ1v) is 11.0. The molecule has 1 heterocycles. The minimum Gasteiger partial charge on any atom is -0.493 e. The molecule has 1 aliphatic rings. The van der Waals surface area contributed by atoms with Crippen LogP contribution >= 0.6 is 0 Å². The molecule has 2 aromatic rings. The van der Waals surface area contributed by atoms with Gasteiger partial charge < -0.3 is 9.64 Å². The molecule has 3 rings (SSSR count). The molecule has 0 spiro atoms. The van der Waals surface area contributed by atoms with Gasteiger partial charge in [0.25, 0.3) is 0 Å². The number of hydrogen-bond acceptors (Lipinski definition) is 4. The molecule has 28 heavy (non-hydrogen) atoms. The number of carbonyl (C=O) groups is 1. The minimum atomic E-state index is -3.51. The summed E-state index contributed by atoms with van der Waals surface area (Å²) in [5, 5.41) is 0. The lowest BCUT2D eigenvalue weighted by Gasteiger charge is -2.31. The van der Waals surface area contributed by atoms with E-state index < -0.39 is 10.0 Å². The SMILES string of the molecule is CC(=O)c1ccc(S(=O)(=O)N2CC[NH+](CCCOc3ccccc3)CC2)cc1. The van der Waals surface area contributed by atoms with Crippen molar-refractivity contribution in [2.75, 3.05) is 39.3 Å². The molecule has 0 radical (unpaired) electrons. The zero-order valence-electron chi connectivity index (χ0n) is 16.1. The average Bonchev–Trinajstić information content (AvgIpc) is 2.72. The molecule has 0 bridgehead atoms. The summed E-state index contributed by atoms with van der Waals surface area (Å²) in [7, 11) is -3.51. The first kappa shape index (κ1) is 20.5. The van der Waals surface area contributed by atoms with Crippen molar-refractivity contribution in [3.05, 3.63) is 60.2 Å². The van der Waals surface area contributed by atoms with Crippen molar-refractivity contribution in [2.24, 2.45) is 0 Å². The van der Waals surface area contributed by atoms with Gasteiger partial charge in [0.05, 0.1) is 44.2 Å². The van der Waals surface area contributed by atoms with Crippen LogP contribution in [0.4, 0.5) is 0 Å². The van der Waals surface area contributed by atoms with Crippen LogP contribution in [0.1, 0.15) is 23.7 Å². The molecule has 1 fully saturated rings. The predicted molar refractivity (Wildman–Crippen MR) is 107 cm³/mol. The maximum absolute atomic E-state index is 12.8. The summed E-state index contributed by atoms with van der Waals surface area (Å²) >= 11 is 0. The van der Waals surface area contributed by atoms with Crippen molar-refractivity contribution >= 4 is 15.8 Å². The van der Waals surface area contributed by atoms with E-state index in [-0.39, 0.29) is 10.7 Å². The minimum absolute atomic E-state index is 0.0718. The number of sulfonamides is 1. The summed E-state index contributed by atoms with van der Waals surface area (Å²) in [5.41, 5.74) is 0.519. The zero-order valence-corrected chi connectivity index (χ0v) is 17.0. The van der Waals surface area contributed by atoms with E-state index in [0.717, 1.165) is 31.8 Å². The Kier molecular flexibility index (Phi) is 6.83. The van der Waals surface area contributed by atoms with Gasteiger partial charge in [-0.2, -0.15) is 4.31 Å². The van der Waals surface area contributed by atoms with E-state index in [2.05, 4.69) is 0 Å². The summed E-state index contributed by atoms with van der Waals surface area (Å²) in [5.74, 6) is 0.807. The number of nitrogens with one attached hydrogen (secondary N) is 1. The maximum atomic E-state index is 12.8. The average molecular weight is 404 g/mol. The Labute approximate surface area is 166 Å². The van der Waals surface area contributed by atoms with Gasteiger partial charge in [0.2, 0.25) is 10.0 Å². The van der Waals surface area contributed by atoms with Crippen molar-refractivity contribution in [2.45, 2.75) is 18.2 Å². The van der Waals surface area contributed by atoms with Crippen LogP contribution in [0.3, 0.4) is 0 Å². The van der Waals surface area contributed by atoms with E-state index in [0.29, 0.717) is 25.3 Å². The van der Waals surface area contributed by atoms with Gasteiger partial charge in [-0.3, -0.25) is 4.79 Å². The summed E-state index contributed by atoms with van der Waals surface area (Å²) < 4.78 is 32.9. The molecular weight excluding hydrogens is 376 g/mol. The van der Waals surface area contributed by atoms with Crippen LogP contribution in [0, 0.1) is 0 Å². The Bertz CT molecular complexity index is 874. The van der Waals surface area contributed by atoms with Crippen LogP contribution in [-0.2, 0) is 10.0 Å². The van der Waals surface area contributed by atoms with Gasteiger partial charge in [-0.15, -0.1) is 0 Å². The fourth-order valence-electron chi connectivity index (χ4n) is 3.33. The van der Waals surface area contributed by atoms with Crippen LogP contribution in [0.2, 0.25) is 0 Å². The molecule has 0 atom stereocenters. The molecule has 1 saturated heterocycles. The quantitative estimate of drug-likeness (QED) is 0.532. The first-order valence-electron chi connectivity index (χ1n) is 9.59. The van der Waals surface area contributed by atoms with Gasteiger partial charge in [0.1, 0.15) is 5.75 Å². The number of ether oxygens (including phenoxy) is 1. The molecule has 0 saturated carbocycles. The third-order valence-electron chi connectivity index (χ3n) is 5.01. The molecule has 1 N–H and O–H groups in total. The number of Topliss-reactive ketones (excluding diaryl/α,β-unsaturated/α-hetero) is 1. The van der Waals surface area contributed by atoms with E-state index in [1.807, 2.05) is 30.3 Å². The molecule has 0 unspecified atom stereocenters. The van der Waals surface area contributed by atoms with Gasteiger partial charge >= 0.3 is 0 Å². The summed E-state index contributed by atoms with van der Waals surface area (Å²) in [4.78, 5) is 13.0. The third-order valence-corrected chi connectivity index (χ3v) is 6.93. The standard InChI is InChI=1S/C21H26N2O4S/c1-18(24)19-8-10-21(11-9-19)28(25,26)23-15-13-22(14-16-23)12-5-17-27-20-6-3-2-4-7-20/h2-4,6-11H,5,12-17H2,1H3/p+1. The Morgan fingerprint density at radius 1 is 1.04 bits per heavy atom. The van der Waals surface area contributed by atoms with E-state index in [1.54, 1.807) is 16.4 Å². The highest BCUT2D eigenvalue weighted by Crippen LogP contribution is 2.16. The van der Waals surface area contributed by atoms with Crippen molar-refractivity contribution in [1.29, 1.82) is 0 Å². The smallest absolute Gasteiger partial charge is 0.243 e. The number of nitrogens with zero attached hydrogens (tertiary/aromatic N) is 1. The van der Waals surface area contributed by atoms with Crippen molar-refractivity contribution in [3.63, 3.8) is 0 Å². The Hall–Kier alpha value is -2.22. The number of rotatable bonds is 8. The van der Waals surface area contributed by atoms with E-state index in [4.69, 9.17) is 4.74 Å². The van der Waals surface area contributed by atoms with Crippen LogP contribution < -0.4 is 9.64 Å². The number of piperazine rings is 1. The second-order valence-corrected chi connectivity index (χ2v) is 8.94. The molecule has 0 aromatic heterocycles. The fraction of sp³-hybridized carbons (Fsp3) is 0.381. The van der Waals surface area contributed by atoms with Gasteiger partial charge in [0, 0.05) is 12.0 Å². The Morgan fingerprint density at radius 3 is 2.29 bits per heavy atom. The number of quaternary nitrogens is 1. The van der Waals surface area contributed by atoms with Gasteiger partial charge in [-0.1, -0.05) is 30.3 Å². The Morgan fingerprint density at radius 2 is 1.68 bits per heavy atom. The van der Waals surface area contributed by atoms with Gasteiger partial charge in [0.15, 0.2) is 5.78 Å². The third kappa shape index (κ3) is 5.19. The number of para-hydroxylation sites is 1. The lowest BCUT2D eigenvalue weighted by molar-refractivity contribution is -0.903. The lowest BCUT2D eigenvalue weighted by atomic mass is 10.2. The number of carbonyl (C=O) groups excluding carboxylic acids is 1.